The lowest BCUT2D eigenvalue weighted by Crippen LogP contribution is -2.46. The Morgan fingerprint density at radius 2 is 1.84 bits per heavy atom. The Balaban J connectivity index is 1.19. The SMILES string of the molecule is Cn1nccc1C(=O)N(CC1CCN(C2Cc3ccccc3C2)CC1)CC1CCCO1. The van der Waals surface area contributed by atoms with Crippen LogP contribution in [0.4, 0.5) is 0 Å². The van der Waals surface area contributed by atoms with Crippen LogP contribution in [0.2, 0.25) is 0 Å². The minimum atomic E-state index is 0.0872. The lowest BCUT2D eigenvalue weighted by molar-refractivity contribution is 0.0422. The molecule has 0 spiro atoms. The van der Waals surface area contributed by atoms with E-state index in [0.717, 1.165) is 51.9 Å². The highest BCUT2D eigenvalue weighted by Gasteiger charge is 2.32. The summed E-state index contributed by atoms with van der Waals surface area (Å²) in [6.07, 6.45) is 8.72. The van der Waals surface area contributed by atoms with Gasteiger partial charge in [0.05, 0.1) is 6.10 Å². The van der Waals surface area contributed by atoms with Crippen molar-refractivity contribution in [1.82, 2.24) is 19.6 Å². The number of hydrogen-bond acceptors (Lipinski definition) is 4. The lowest BCUT2D eigenvalue weighted by Gasteiger charge is -2.38. The molecule has 3 aliphatic rings. The minimum Gasteiger partial charge on any atom is -0.376 e. The van der Waals surface area contributed by atoms with Gasteiger partial charge in [-0.2, -0.15) is 5.10 Å². The molecule has 2 saturated heterocycles. The highest BCUT2D eigenvalue weighted by Crippen LogP contribution is 2.29. The summed E-state index contributed by atoms with van der Waals surface area (Å²) in [5.41, 5.74) is 3.72. The summed E-state index contributed by atoms with van der Waals surface area (Å²) < 4.78 is 7.55. The first-order valence-corrected chi connectivity index (χ1v) is 11.9. The van der Waals surface area contributed by atoms with Gasteiger partial charge < -0.3 is 9.64 Å². The molecular formula is C25H34N4O2. The van der Waals surface area contributed by atoms with Crippen molar-refractivity contribution in [3.8, 4) is 0 Å². The van der Waals surface area contributed by atoms with Crippen molar-refractivity contribution in [2.45, 2.75) is 50.7 Å². The van der Waals surface area contributed by atoms with Crippen LogP contribution in [0.1, 0.15) is 47.3 Å². The van der Waals surface area contributed by atoms with Crippen molar-refractivity contribution in [2.24, 2.45) is 13.0 Å². The number of nitrogens with zero attached hydrogens (tertiary/aromatic N) is 4. The molecule has 5 rings (SSSR count). The van der Waals surface area contributed by atoms with E-state index in [0.29, 0.717) is 24.2 Å². The number of benzene rings is 1. The molecule has 0 radical (unpaired) electrons. The molecule has 0 bridgehead atoms. The third kappa shape index (κ3) is 4.55. The summed E-state index contributed by atoms with van der Waals surface area (Å²) in [6, 6.07) is 11.4. The highest BCUT2D eigenvalue weighted by atomic mass is 16.5. The van der Waals surface area contributed by atoms with Crippen LogP contribution >= 0.6 is 0 Å². The fourth-order valence-electron chi connectivity index (χ4n) is 5.63. The molecule has 1 aromatic heterocycles. The Kier molecular flexibility index (Phi) is 6.10. The second kappa shape index (κ2) is 9.13. The van der Waals surface area contributed by atoms with Crippen LogP contribution < -0.4 is 0 Å². The van der Waals surface area contributed by atoms with Gasteiger partial charge in [-0.3, -0.25) is 14.4 Å². The number of aryl methyl sites for hydroxylation is 1. The molecule has 2 aliphatic heterocycles. The van der Waals surface area contributed by atoms with E-state index in [4.69, 9.17) is 4.74 Å². The molecule has 1 aromatic carbocycles. The number of carbonyl (C=O) groups is 1. The van der Waals surface area contributed by atoms with Gasteiger partial charge in [-0.05, 0) is 74.7 Å². The molecule has 166 valence electrons. The maximum Gasteiger partial charge on any atom is 0.272 e. The van der Waals surface area contributed by atoms with E-state index in [9.17, 15) is 4.79 Å². The smallest absolute Gasteiger partial charge is 0.272 e. The largest absolute Gasteiger partial charge is 0.376 e. The molecule has 2 fully saturated rings. The monoisotopic (exact) mass is 422 g/mol. The molecule has 0 saturated carbocycles. The molecule has 1 amide bonds. The zero-order valence-corrected chi connectivity index (χ0v) is 18.6. The number of piperidine rings is 1. The molecule has 31 heavy (non-hydrogen) atoms. The van der Waals surface area contributed by atoms with E-state index in [1.807, 2.05) is 18.0 Å². The second-order valence-electron chi connectivity index (χ2n) is 9.50. The Bertz CT molecular complexity index is 871. The van der Waals surface area contributed by atoms with Crippen LogP contribution in [0.5, 0.6) is 0 Å². The van der Waals surface area contributed by atoms with Gasteiger partial charge in [0.25, 0.3) is 5.91 Å². The summed E-state index contributed by atoms with van der Waals surface area (Å²) in [6.45, 7) is 4.61. The van der Waals surface area contributed by atoms with Gasteiger partial charge >= 0.3 is 0 Å². The molecule has 3 heterocycles. The van der Waals surface area contributed by atoms with Gasteiger partial charge in [-0.1, -0.05) is 24.3 Å². The van der Waals surface area contributed by atoms with E-state index >= 15 is 0 Å². The normalized spacial score (nSPS) is 22.7. The topological polar surface area (TPSA) is 50.6 Å². The fraction of sp³-hybridized carbons (Fsp3) is 0.600. The van der Waals surface area contributed by atoms with Gasteiger partial charge in [-0.15, -0.1) is 0 Å². The summed E-state index contributed by atoms with van der Waals surface area (Å²) in [5, 5.41) is 4.20. The molecule has 6 nitrogen and oxygen atoms in total. The number of hydrogen-bond donors (Lipinski definition) is 0. The lowest BCUT2D eigenvalue weighted by atomic mass is 9.94. The van der Waals surface area contributed by atoms with Crippen LogP contribution in [0.25, 0.3) is 0 Å². The maximum absolute atomic E-state index is 13.3. The summed E-state index contributed by atoms with van der Waals surface area (Å²) in [7, 11) is 1.84. The summed E-state index contributed by atoms with van der Waals surface area (Å²) in [4.78, 5) is 18.0. The van der Waals surface area contributed by atoms with Crippen LogP contribution in [0.15, 0.2) is 36.5 Å². The average molecular weight is 423 g/mol. The first-order valence-electron chi connectivity index (χ1n) is 11.9. The van der Waals surface area contributed by atoms with Crippen molar-refractivity contribution in [3.63, 3.8) is 0 Å². The van der Waals surface area contributed by atoms with E-state index in [1.165, 1.54) is 24.0 Å². The third-order valence-electron chi connectivity index (χ3n) is 7.45. The van der Waals surface area contributed by atoms with Gasteiger partial charge in [0.1, 0.15) is 5.69 Å². The predicted molar refractivity (Wildman–Crippen MR) is 120 cm³/mol. The number of amides is 1. The predicted octanol–water partition coefficient (Wildman–Crippen LogP) is 2.92. The first kappa shape index (κ1) is 20.7. The average Bonchev–Trinajstić information content (AvgIpc) is 3.54. The van der Waals surface area contributed by atoms with Gasteiger partial charge in [0.15, 0.2) is 0 Å². The van der Waals surface area contributed by atoms with Crippen molar-refractivity contribution < 1.29 is 9.53 Å². The number of likely N-dealkylation sites (tertiary alicyclic amines) is 1. The highest BCUT2D eigenvalue weighted by molar-refractivity contribution is 5.92. The standard InChI is InChI=1S/C25H34N4O2/c1-27-24(8-11-26-27)25(30)29(18-23-7-4-14-31-23)17-19-9-12-28(13-10-19)22-15-20-5-2-3-6-21(20)16-22/h2-3,5-6,8,11,19,22-23H,4,7,9-10,12-18H2,1H3. The molecule has 0 N–H and O–H groups in total. The van der Waals surface area contributed by atoms with E-state index in [-0.39, 0.29) is 12.0 Å². The van der Waals surface area contributed by atoms with Crippen molar-refractivity contribution >= 4 is 5.91 Å². The van der Waals surface area contributed by atoms with E-state index < -0.39 is 0 Å². The van der Waals surface area contributed by atoms with Crippen LogP contribution in [0.3, 0.4) is 0 Å². The summed E-state index contributed by atoms with van der Waals surface area (Å²) >= 11 is 0. The maximum atomic E-state index is 13.3. The molecule has 1 aliphatic carbocycles. The van der Waals surface area contributed by atoms with Crippen LogP contribution in [0, 0.1) is 5.92 Å². The quantitative estimate of drug-likeness (QED) is 0.718. The van der Waals surface area contributed by atoms with Gasteiger partial charge in [0, 0.05) is 39.0 Å². The zero-order valence-electron chi connectivity index (χ0n) is 18.6. The molecule has 1 atom stereocenters. The Hall–Kier alpha value is -2.18. The minimum absolute atomic E-state index is 0.0872. The Morgan fingerprint density at radius 1 is 1.10 bits per heavy atom. The number of aromatic nitrogens is 2. The van der Waals surface area contributed by atoms with Crippen molar-refractivity contribution in [3.05, 3.63) is 53.3 Å². The number of carbonyl (C=O) groups excluding carboxylic acids is 1. The number of ether oxygens (including phenoxy) is 1. The Labute approximate surface area is 185 Å². The van der Waals surface area contributed by atoms with E-state index in [2.05, 4.69) is 34.3 Å². The second-order valence-corrected chi connectivity index (χ2v) is 9.50. The third-order valence-corrected chi connectivity index (χ3v) is 7.45. The fourth-order valence-corrected chi connectivity index (χ4v) is 5.63. The van der Waals surface area contributed by atoms with Crippen LogP contribution in [-0.2, 0) is 24.6 Å². The number of rotatable bonds is 6. The van der Waals surface area contributed by atoms with Gasteiger partial charge in [-0.25, -0.2) is 0 Å². The van der Waals surface area contributed by atoms with Gasteiger partial charge in [0.2, 0.25) is 0 Å². The van der Waals surface area contributed by atoms with Crippen LogP contribution in [-0.4, -0.2) is 70.4 Å². The number of fused-ring (bicyclic) bond motifs is 1. The summed E-state index contributed by atoms with van der Waals surface area (Å²) in [5.74, 6) is 0.641. The zero-order chi connectivity index (χ0) is 21.2. The van der Waals surface area contributed by atoms with Crippen molar-refractivity contribution in [2.75, 3.05) is 32.8 Å². The molecular weight excluding hydrogens is 388 g/mol. The first-order chi connectivity index (χ1) is 15.2. The van der Waals surface area contributed by atoms with Crippen molar-refractivity contribution in [1.29, 1.82) is 0 Å². The van der Waals surface area contributed by atoms with E-state index in [1.54, 1.807) is 10.9 Å². The Morgan fingerprint density at radius 3 is 2.45 bits per heavy atom. The molecule has 2 aromatic rings. The molecule has 6 heteroatoms. The molecule has 1 unspecified atom stereocenters.